The quantitative estimate of drug-likeness (QED) is 0.811. The monoisotopic (exact) mass is 372 g/mol. The summed E-state index contributed by atoms with van der Waals surface area (Å²) >= 11 is 1.52. The van der Waals surface area contributed by atoms with Crippen molar-refractivity contribution in [1.82, 2.24) is 9.80 Å². The lowest BCUT2D eigenvalue weighted by Gasteiger charge is -2.34. The summed E-state index contributed by atoms with van der Waals surface area (Å²) < 4.78 is 5.34. The van der Waals surface area contributed by atoms with Crippen molar-refractivity contribution in [1.29, 1.82) is 0 Å². The van der Waals surface area contributed by atoms with Crippen molar-refractivity contribution in [2.24, 2.45) is 0 Å². The Balaban J connectivity index is 1.50. The third-order valence-electron chi connectivity index (χ3n) is 4.67. The van der Waals surface area contributed by atoms with Gasteiger partial charge in [0, 0.05) is 37.5 Å². The molecule has 0 aliphatic carbocycles. The molecule has 1 aliphatic heterocycles. The number of nitrogens with zero attached hydrogens (tertiary/aromatic N) is 2. The van der Waals surface area contributed by atoms with Crippen LogP contribution in [-0.2, 0) is 11.2 Å². The number of thiophene rings is 1. The van der Waals surface area contributed by atoms with E-state index < -0.39 is 0 Å². The Morgan fingerprint density at radius 2 is 1.73 bits per heavy atom. The van der Waals surface area contributed by atoms with Crippen LogP contribution in [0.1, 0.15) is 26.5 Å². The number of hydrogen-bond donors (Lipinski definition) is 0. The average molecular weight is 372 g/mol. The molecule has 26 heavy (non-hydrogen) atoms. The van der Waals surface area contributed by atoms with Crippen LogP contribution in [-0.4, -0.2) is 54.9 Å². The van der Waals surface area contributed by atoms with E-state index in [9.17, 15) is 9.59 Å². The van der Waals surface area contributed by atoms with Gasteiger partial charge in [0.15, 0.2) is 0 Å². The highest BCUT2D eigenvalue weighted by molar-refractivity contribution is 7.13. The van der Waals surface area contributed by atoms with Crippen LogP contribution >= 0.6 is 11.3 Å². The normalized spacial score (nSPS) is 14.4. The second kappa shape index (κ2) is 8.36. The second-order valence-corrected chi connectivity index (χ2v) is 7.68. The van der Waals surface area contributed by atoms with Crippen molar-refractivity contribution in [2.75, 3.05) is 33.3 Å². The standard InChI is InChI=1S/C20H24N2O3S/c1-15-7-9-18(26-15)20(24)22-13-11-21(12-14-22)19(23)10-8-16-5-3-4-6-17(16)25-2/h3-7,9H,8,10-14H2,1-2H3. The molecule has 0 radical (unpaired) electrons. The summed E-state index contributed by atoms with van der Waals surface area (Å²) in [6.45, 7) is 4.38. The molecule has 0 saturated carbocycles. The van der Waals surface area contributed by atoms with Gasteiger partial charge in [-0.1, -0.05) is 18.2 Å². The van der Waals surface area contributed by atoms with Crippen LogP contribution in [0.3, 0.4) is 0 Å². The van der Waals surface area contributed by atoms with Gasteiger partial charge in [-0.15, -0.1) is 11.3 Å². The number of benzene rings is 1. The molecule has 1 saturated heterocycles. The number of amides is 2. The number of ether oxygens (including phenoxy) is 1. The van der Waals surface area contributed by atoms with E-state index in [1.807, 2.05) is 53.1 Å². The van der Waals surface area contributed by atoms with Gasteiger partial charge in [-0.25, -0.2) is 0 Å². The maximum Gasteiger partial charge on any atom is 0.264 e. The predicted octanol–water partition coefficient (Wildman–Crippen LogP) is 2.98. The molecule has 1 aromatic heterocycles. The number of rotatable bonds is 5. The zero-order valence-corrected chi connectivity index (χ0v) is 16.1. The lowest BCUT2D eigenvalue weighted by atomic mass is 10.1. The maximum atomic E-state index is 12.5. The molecule has 0 N–H and O–H groups in total. The maximum absolute atomic E-state index is 12.5. The van der Waals surface area contributed by atoms with Crippen molar-refractivity contribution >= 4 is 23.2 Å². The van der Waals surface area contributed by atoms with Crippen LogP contribution in [0.25, 0.3) is 0 Å². The molecule has 0 bridgehead atoms. The zero-order valence-electron chi connectivity index (χ0n) is 15.2. The van der Waals surface area contributed by atoms with E-state index in [0.29, 0.717) is 39.0 Å². The Bertz CT molecular complexity index is 779. The van der Waals surface area contributed by atoms with E-state index in [1.165, 1.54) is 11.3 Å². The molecule has 2 amide bonds. The summed E-state index contributed by atoms with van der Waals surface area (Å²) in [5.41, 5.74) is 1.05. The highest BCUT2D eigenvalue weighted by Gasteiger charge is 2.25. The molecule has 138 valence electrons. The van der Waals surface area contributed by atoms with Gasteiger partial charge in [0.25, 0.3) is 5.91 Å². The smallest absolute Gasteiger partial charge is 0.264 e. The van der Waals surface area contributed by atoms with Crippen molar-refractivity contribution in [2.45, 2.75) is 19.8 Å². The average Bonchev–Trinajstić information content (AvgIpc) is 3.12. The first-order valence-electron chi connectivity index (χ1n) is 8.84. The number of carbonyl (C=O) groups is 2. The highest BCUT2D eigenvalue weighted by atomic mass is 32.1. The van der Waals surface area contributed by atoms with Crippen molar-refractivity contribution in [3.63, 3.8) is 0 Å². The van der Waals surface area contributed by atoms with Crippen molar-refractivity contribution in [3.8, 4) is 5.75 Å². The summed E-state index contributed by atoms with van der Waals surface area (Å²) in [5, 5.41) is 0. The Labute approximate surface area is 158 Å². The third-order valence-corrected chi connectivity index (χ3v) is 5.66. The number of aryl methyl sites for hydroxylation is 2. The molecule has 1 aliphatic rings. The fourth-order valence-corrected chi connectivity index (χ4v) is 4.01. The molecule has 0 atom stereocenters. The summed E-state index contributed by atoms with van der Waals surface area (Å²) in [5.74, 6) is 1.03. The minimum absolute atomic E-state index is 0.0734. The number of methoxy groups -OCH3 is 1. The molecule has 2 aromatic rings. The first kappa shape index (κ1) is 18.5. The molecule has 3 rings (SSSR count). The van der Waals surface area contributed by atoms with E-state index in [1.54, 1.807) is 7.11 Å². The summed E-state index contributed by atoms with van der Waals surface area (Å²) in [4.78, 5) is 30.6. The Morgan fingerprint density at radius 3 is 2.38 bits per heavy atom. The van der Waals surface area contributed by atoms with Gasteiger partial charge >= 0.3 is 0 Å². The van der Waals surface area contributed by atoms with Crippen LogP contribution in [0.2, 0.25) is 0 Å². The molecule has 5 nitrogen and oxygen atoms in total. The Morgan fingerprint density at radius 1 is 1.04 bits per heavy atom. The van der Waals surface area contributed by atoms with Crippen LogP contribution in [0.5, 0.6) is 5.75 Å². The largest absolute Gasteiger partial charge is 0.496 e. The summed E-state index contributed by atoms with van der Waals surface area (Å²) in [6, 6.07) is 11.6. The molecule has 1 fully saturated rings. The van der Waals surface area contributed by atoms with Gasteiger partial charge in [-0.3, -0.25) is 9.59 Å². The first-order valence-corrected chi connectivity index (χ1v) is 9.65. The lowest BCUT2D eigenvalue weighted by molar-refractivity contribution is -0.132. The molecular formula is C20H24N2O3S. The molecule has 1 aromatic carbocycles. The van der Waals surface area contributed by atoms with E-state index in [4.69, 9.17) is 4.74 Å². The fraction of sp³-hybridized carbons (Fsp3) is 0.400. The van der Waals surface area contributed by atoms with Gasteiger partial charge in [-0.2, -0.15) is 0 Å². The second-order valence-electron chi connectivity index (χ2n) is 6.40. The van der Waals surface area contributed by atoms with Gasteiger partial charge in [-0.05, 0) is 37.1 Å². The molecule has 2 heterocycles. The van der Waals surface area contributed by atoms with Crippen LogP contribution in [0.15, 0.2) is 36.4 Å². The molecule has 6 heteroatoms. The van der Waals surface area contributed by atoms with E-state index in [0.717, 1.165) is 21.1 Å². The number of hydrogen-bond acceptors (Lipinski definition) is 4. The first-order chi connectivity index (χ1) is 12.6. The lowest BCUT2D eigenvalue weighted by Crippen LogP contribution is -2.50. The topological polar surface area (TPSA) is 49.9 Å². The third kappa shape index (κ3) is 4.25. The predicted molar refractivity (Wildman–Crippen MR) is 103 cm³/mol. The van der Waals surface area contributed by atoms with Crippen molar-refractivity contribution < 1.29 is 14.3 Å². The van der Waals surface area contributed by atoms with Gasteiger partial charge in [0.05, 0.1) is 12.0 Å². The van der Waals surface area contributed by atoms with Crippen molar-refractivity contribution in [3.05, 3.63) is 51.7 Å². The van der Waals surface area contributed by atoms with E-state index >= 15 is 0 Å². The van der Waals surface area contributed by atoms with E-state index in [2.05, 4.69) is 0 Å². The number of piperazine rings is 1. The van der Waals surface area contributed by atoms with Gasteiger partial charge < -0.3 is 14.5 Å². The number of para-hydroxylation sites is 1. The minimum atomic E-state index is 0.0734. The molecular weight excluding hydrogens is 348 g/mol. The summed E-state index contributed by atoms with van der Waals surface area (Å²) in [6.07, 6.45) is 1.12. The Hall–Kier alpha value is -2.34. The Kier molecular flexibility index (Phi) is 5.93. The number of carbonyl (C=O) groups excluding carboxylic acids is 2. The fourth-order valence-electron chi connectivity index (χ4n) is 3.17. The van der Waals surface area contributed by atoms with Crippen LogP contribution < -0.4 is 4.74 Å². The summed E-state index contributed by atoms with van der Waals surface area (Å²) in [7, 11) is 1.64. The molecule has 0 unspecified atom stereocenters. The zero-order chi connectivity index (χ0) is 18.5. The SMILES string of the molecule is COc1ccccc1CCC(=O)N1CCN(C(=O)c2ccc(C)s2)CC1. The van der Waals surface area contributed by atoms with Crippen LogP contribution in [0, 0.1) is 6.92 Å². The van der Waals surface area contributed by atoms with Gasteiger partial charge in [0.1, 0.15) is 5.75 Å². The highest BCUT2D eigenvalue weighted by Crippen LogP contribution is 2.20. The van der Waals surface area contributed by atoms with E-state index in [-0.39, 0.29) is 11.8 Å². The minimum Gasteiger partial charge on any atom is -0.496 e. The van der Waals surface area contributed by atoms with Crippen LogP contribution in [0.4, 0.5) is 0 Å². The molecule has 0 spiro atoms. The van der Waals surface area contributed by atoms with Gasteiger partial charge in [0.2, 0.25) is 5.91 Å².